The van der Waals surface area contributed by atoms with Gasteiger partial charge in [-0.3, -0.25) is 0 Å². The van der Waals surface area contributed by atoms with Crippen molar-refractivity contribution < 1.29 is 19.2 Å². The maximum absolute atomic E-state index is 14.1. The van der Waals surface area contributed by atoms with Crippen LogP contribution >= 0.6 is 23.8 Å². The molecule has 28 heavy (non-hydrogen) atoms. The lowest BCUT2D eigenvalue weighted by molar-refractivity contribution is -0.576. The van der Waals surface area contributed by atoms with Crippen molar-refractivity contribution in [2.75, 3.05) is 5.32 Å². The molecule has 0 fully saturated rings. The highest BCUT2D eigenvalue weighted by atomic mass is 35.5. The minimum Gasteiger partial charge on any atom is -0.502 e. The number of thiocarbonyl (C=S) groups is 1. The molecule has 0 saturated carbocycles. The van der Waals surface area contributed by atoms with Crippen molar-refractivity contribution in [3.8, 4) is 0 Å². The number of benzene rings is 2. The lowest BCUT2D eigenvalue weighted by Gasteiger charge is -2.11. The van der Waals surface area contributed by atoms with Crippen LogP contribution in [0.2, 0.25) is 5.02 Å². The molecule has 0 bridgehead atoms. The molecule has 0 aliphatic rings. The van der Waals surface area contributed by atoms with E-state index >= 15 is 0 Å². The van der Waals surface area contributed by atoms with Crippen molar-refractivity contribution in [2.45, 2.75) is 6.61 Å². The van der Waals surface area contributed by atoms with Gasteiger partial charge in [0.2, 0.25) is 5.76 Å². The molecule has 0 saturated heterocycles. The third kappa shape index (κ3) is 4.36. The maximum Gasteiger partial charge on any atom is 0.288 e. The highest BCUT2D eigenvalue weighted by molar-refractivity contribution is 7.81. The van der Waals surface area contributed by atoms with E-state index in [1.165, 1.54) is 6.07 Å². The van der Waals surface area contributed by atoms with E-state index in [1.54, 1.807) is 71.6 Å². The standard InChI is InChI=1S/C21H16ClFN2O2S/c22-16-8-2-1-7-15(16)20(27)19(25-11-5-6-14(12-25)13-26)21(28)24-18-10-4-3-9-17(18)23/h1-12,26H,13H2,(H-,24,27,28)/p+1. The van der Waals surface area contributed by atoms with E-state index < -0.39 is 5.82 Å². The Hall–Kier alpha value is -2.80. The van der Waals surface area contributed by atoms with Crippen molar-refractivity contribution in [3.63, 3.8) is 0 Å². The quantitative estimate of drug-likeness (QED) is 0.247. The summed E-state index contributed by atoms with van der Waals surface area (Å²) in [5.74, 6) is -0.657. The molecule has 0 unspecified atom stereocenters. The van der Waals surface area contributed by atoms with Gasteiger partial charge in [0, 0.05) is 17.2 Å². The second-order valence-electron chi connectivity index (χ2n) is 5.89. The molecule has 3 N–H and O–H groups in total. The summed E-state index contributed by atoms with van der Waals surface area (Å²) in [4.78, 5) is 0.0857. The Labute approximate surface area is 172 Å². The number of nitrogens with one attached hydrogen (secondary N) is 1. The van der Waals surface area contributed by atoms with E-state index in [0.717, 1.165) is 0 Å². The van der Waals surface area contributed by atoms with Crippen LogP contribution in [0.25, 0.3) is 11.5 Å². The second kappa shape index (κ2) is 8.93. The fourth-order valence-electron chi connectivity index (χ4n) is 2.63. The molecule has 0 atom stereocenters. The number of aromatic nitrogens is 1. The van der Waals surface area contributed by atoms with Crippen LogP contribution in [-0.2, 0) is 6.61 Å². The molecule has 3 aromatic rings. The van der Waals surface area contributed by atoms with Crippen molar-refractivity contribution in [1.29, 1.82) is 0 Å². The van der Waals surface area contributed by atoms with E-state index in [4.69, 9.17) is 23.8 Å². The molecular weight excluding hydrogens is 399 g/mol. The molecule has 0 amide bonds. The topological polar surface area (TPSA) is 56.4 Å². The van der Waals surface area contributed by atoms with Crippen LogP contribution in [-0.4, -0.2) is 15.2 Å². The fraction of sp³-hybridized carbons (Fsp3) is 0.0476. The Bertz CT molecular complexity index is 1060. The lowest BCUT2D eigenvalue weighted by Crippen LogP contribution is -2.39. The number of aliphatic hydroxyl groups is 2. The summed E-state index contributed by atoms with van der Waals surface area (Å²) in [5, 5.41) is 23.6. The summed E-state index contributed by atoms with van der Waals surface area (Å²) in [6.07, 6.45) is 3.29. The number of para-hydroxylation sites is 1. The maximum atomic E-state index is 14.1. The Balaban J connectivity index is 2.14. The third-order valence-electron chi connectivity index (χ3n) is 3.99. The van der Waals surface area contributed by atoms with Gasteiger partial charge < -0.3 is 15.5 Å². The van der Waals surface area contributed by atoms with Gasteiger partial charge in [0.05, 0.1) is 17.3 Å². The van der Waals surface area contributed by atoms with Crippen LogP contribution in [0.5, 0.6) is 0 Å². The van der Waals surface area contributed by atoms with Crippen LogP contribution in [0, 0.1) is 5.82 Å². The number of nitrogens with zero attached hydrogens (tertiary/aromatic N) is 1. The minimum atomic E-state index is -0.476. The predicted octanol–water partition coefficient (Wildman–Crippen LogP) is 4.58. The van der Waals surface area contributed by atoms with E-state index in [-0.39, 0.29) is 28.7 Å². The molecule has 7 heteroatoms. The molecule has 1 heterocycles. The van der Waals surface area contributed by atoms with Crippen LogP contribution < -0.4 is 9.88 Å². The molecule has 0 spiro atoms. The van der Waals surface area contributed by atoms with Gasteiger partial charge in [-0.2, -0.15) is 4.57 Å². The zero-order valence-corrected chi connectivity index (χ0v) is 16.2. The number of aliphatic hydroxyl groups excluding tert-OH is 2. The summed E-state index contributed by atoms with van der Waals surface area (Å²) in [6.45, 7) is -0.186. The van der Waals surface area contributed by atoms with Crippen LogP contribution in [0.1, 0.15) is 11.1 Å². The molecule has 0 aliphatic heterocycles. The number of hydrogen-bond donors (Lipinski definition) is 3. The molecule has 1 aromatic heterocycles. The van der Waals surface area contributed by atoms with Crippen molar-refractivity contribution >= 4 is 46.0 Å². The summed E-state index contributed by atoms with van der Waals surface area (Å²) < 4.78 is 15.6. The first-order valence-electron chi connectivity index (χ1n) is 8.36. The summed E-state index contributed by atoms with van der Waals surface area (Å²) in [7, 11) is 0. The second-order valence-corrected chi connectivity index (χ2v) is 6.70. The molecular formula is C21H17ClFN2O2S+. The first-order valence-corrected chi connectivity index (χ1v) is 9.15. The van der Waals surface area contributed by atoms with Gasteiger partial charge in [0.25, 0.3) is 5.70 Å². The lowest BCUT2D eigenvalue weighted by atomic mass is 10.1. The van der Waals surface area contributed by atoms with Gasteiger partial charge in [0.15, 0.2) is 17.4 Å². The Kier molecular flexibility index (Phi) is 6.36. The molecule has 0 aliphatic carbocycles. The van der Waals surface area contributed by atoms with Crippen molar-refractivity contribution in [2.24, 2.45) is 0 Å². The van der Waals surface area contributed by atoms with Gasteiger partial charge in [-0.1, -0.05) is 48.1 Å². The van der Waals surface area contributed by atoms with Crippen LogP contribution in [0.4, 0.5) is 10.1 Å². The molecule has 3 rings (SSSR count). The number of anilines is 1. The van der Waals surface area contributed by atoms with Crippen molar-refractivity contribution in [1.82, 2.24) is 0 Å². The summed E-state index contributed by atoms with van der Waals surface area (Å²) >= 11 is 11.7. The summed E-state index contributed by atoms with van der Waals surface area (Å²) in [6, 6.07) is 16.3. The number of halogens is 2. The van der Waals surface area contributed by atoms with E-state index in [0.29, 0.717) is 16.1 Å². The highest BCUT2D eigenvalue weighted by Crippen LogP contribution is 2.26. The zero-order valence-electron chi connectivity index (χ0n) is 14.6. The highest BCUT2D eigenvalue weighted by Gasteiger charge is 2.25. The average molecular weight is 416 g/mol. The van der Waals surface area contributed by atoms with Crippen LogP contribution in [0.3, 0.4) is 0 Å². The third-order valence-corrected chi connectivity index (χ3v) is 4.62. The van der Waals surface area contributed by atoms with E-state index in [2.05, 4.69) is 5.32 Å². The van der Waals surface area contributed by atoms with Gasteiger partial charge in [-0.25, -0.2) is 4.39 Å². The van der Waals surface area contributed by atoms with Gasteiger partial charge in [-0.15, -0.1) is 0 Å². The number of pyridine rings is 1. The number of rotatable bonds is 5. The Morgan fingerprint density at radius 2 is 1.79 bits per heavy atom. The largest absolute Gasteiger partial charge is 0.502 e. The molecule has 4 nitrogen and oxygen atoms in total. The minimum absolute atomic E-state index is 0.0857. The fourth-order valence-corrected chi connectivity index (χ4v) is 3.17. The molecule has 2 aromatic carbocycles. The normalized spacial score (nSPS) is 11.7. The summed E-state index contributed by atoms with van der Waals surface area (Å²) in [5.41, 5.74) is 1.36. The first-order chi connectivity index (χ1) is 13.5. The van der Waals surface area contributed by atoms with E-state index in [1.807, 2.05) is 0 Å². The molecule has 142 valence electrons. The Morgan fingerprint density at radius 1 is 1.07 bits per heavy atom. The van der Waals surface area contributed by atoms with Crippen molar-refractivity contribution in [3.05, 3.63) is 95.0 Å². The number of hydrogen-bond acceptors (Lipinski definition) is 3. The van der Waals surface area contributed by atoms with Gasteiger partial charge in [0.1, 0.15) is 5.82 Å². The first kappa shape index (κ1) is 19.9. The zero-order chi connectivity index (χ0) is 20.1. The Morgan fingerprint density at radius 3 is 2.50 bits per heavy atom. The average Bonchev–Trinajstić information content (AvgIpc) is 2.70. The smallest absolute Gasteiger partial charge is 0.288 e. The van der Waals surface area contributed by atoms with E-state index in [9.17, 15) is 14.6 Å². The van der Waals surface area contributed by atoms with Crippen LogP contribution in [0.15, 0.2) is 73.1 Å². The SMILES string of the molecule is OCc1ccc[n+](C(C(=S)Nc2ccccc2F)=C(O)c2ccccc2Cl)c1. The molecule has 0 radical (unpaired) electrons. The predicted molar refractivity (Wildman–Crippen MR) is 112 cm³/mol. The van der Waals surface area contributed by atoms with Gasteiger partial charge >= 0.3 is 0 Å². The monoisotopic (exact) mass is 415 g/mol. The van der Waals surface area contributed by atoms with Gasteiger partial charge in [-0.05, 0) is 30.3 Å².